The molecule has 1 saturated heterocycles. The summed E-state index contributed by atoms with van der Waals surface area (Å²) in [6, 6.07) is 16.8. The first kappa shape index (κ1) is 65.3. The smallest absolute Gasteiger partial charge is 0.390 e. The molecule has 76 heavy (non-hydrogen) atoms. The van der Waals surface area contributed by atoms with Crippen molar-refractivity contribution in [3.63, 3.8) is 0 Å². The van der Waals surface area contributed by atoms with E-state index in [0.717, 1.165) is 134 Å². The Morgan fingerprint density at radius 2 is 1.05 bits per heavy atom. The molecular formula is C67H107BrLiNO6. The van der Waals surface area contributed by atoms with Crippen LogP contribution in [0.1, 0.15) is 219 Å². The number of benzene rings is 2. The predicted molar refractivity (Wildman–Crippen MR) is 313 cm³/mol. The first-order valence-corrected chi connectivity index (χ1v) is 31.1. The van der Waals surface area contributed by atoms with Crippen LogP contribution in [0, 0.1) is 88.8 Å². The third kappa shape index (κ3) is 15.1. The van der Waals surface area contributed by atoms with E-state index in [0.29, 0.717) is 11.7 Å². The topological polar surface area (TPSA) is 96.3 Å². The van der Waals surface area contributed by atoms with Crippen LogP contribution in [0.3, 0.4) is 0 Å². The van der Waals surface area contributed by atoms with Crippen LogP contribution in [0.5, 0.6) is 0 Å². The zero-order valence-corrected chi connectivity index (χ0v) is 50.6. The van der Waals surface area contributed by atoms with Gasteiger partial charge in [0.05, 0.1) is 18.3 Å². The molecule has 8 saturated carbocycles. The van der Waals surface area contributed by atoms with Crippen LogP contribution in [-0.2, 0) is 27.2 Å². The van der Waals surface area contributed by atoms with Gasteiger partial charge in [0.15, 0.2) is 5.78 Å². The predicted octanol–water partition coefficient (Wildman–Crippen LogP) is 13.5. The number of carbonyl (C=O) groups excluding carboxylic acids is 2. The Morgan fingerprint density at radius 1 is 0.632 bits per heavy atom. The number of hydroxylamine groups is 2. The van der Waals surface area contributed by atoms with E-state index in [1.807, 2.05) is 13.8 Å². The normalized spacial score (nSPS) is 38.3. The summed E-state index contributed by atoms with van der Waals surface area (Å²) in [6.07, 6.45) is 28.1. The first-order chi connectivity index (χ1) is 35.3. The van der Waals surface area contributed by atoms with E-state index in [1.165, 1.54) is 113 Å². The SMILES string of the molecule is C.C1CCOC1.CCc1ccc(Br)cc1.CCc1ccc(C(=O)[C@H]2CC[C@H]3[C@@H]4CC[C@@H]5C[C@](C)(O)CC[C@@H]5[C@H]4CC[C@]23C)cc1.CON(C)C(=O)[C@H]1CC[C@H]2[C@@H]3CC[C@@H]4C[C@](C)(O)CC[C@@H]4[C@H]3CC[C@]12C.[CH2-]CCC.[Li+]. The van der Waals surface area contributed by atoms with Gasteiger partial charge in [-0.25, -0.2) is 5.06 Å². The zero-order valence-electron chi connectivity index (χ0n) is 49.0. The molecule has 16 atom stereocenters. The summed E-state index contributed by atoms with van der Waals surface area (Å²) in [5.41, 5.74) is 3.10. The summed E-state index contributed by atoms with van der Waals surface area (Å²) in [5.74, 6) is 8.72. The molecular weight excluding hydrogens is 1000 g/mol. The molecule has 2 aromatic rings. The summed E-state index contributed by atoms with van der Waals surface area (Å²) in [5, 5.41) is 22.6. The minimum atomic E-state index is -0.438. The first-order valence-electron chi connectivity index (χ1n) is 30.3. The van der Waals surface area contributed by atoms with E-state index in [1.54, 1.807) is 14.2 Å². The van der Waals surface area contributed by atoms with Crippen LogP contribution in [-0.4, -0.2) is 65.5 Å². The van der Waals surface area contributed by atoms with E-state index in [9.17, 15) is 19.8 Å². The monoisotopic (exact) mass is 1110 g/mol. The molecule has 9 aliphatic rings. The molecule has 0 unspecified atom stereocenters. The molecule has 1 amide bonds. The largest absolute Gasteiger partial charge is 1.00 e. The molecule has 0 bridgehead atoms. The van der Waals surface area contributed by atoms with Crippen molar-refractivity contribution in [1.82, 2.24) is 5.06 Å². The van der Waals surface area contributed by atoms with E-state index in [4.69, 9.17) is 9.57 Å². The molecule has 2 aromatic carbocycles. The van der Waals surface area contributed by atoms with Crippen molar-refractivity contribution in [2.75, 3.05) is 27.4 Å². The second kappa shape index (κ2) is 29.0. The maximum Gasteiger partial charge on any atom is 1.00 e. The Morgan fingerprint density at radius 3 is 1.46 bits per heavy atom. The molecule has 0 aromatic heterocycles. The zero-order chi connectivity index (χ0) is 53.4. The van der Waals surface area contributed by atoms with Crippen LogP contribution >= 0.6 is 15.9 Å². The minimum absolute atomic E-state index is 0. The quantitative estimate of drug-likeness (QED) is 0.124. The van der Waals surface area contributed by atoms with Crippen LogP contribution in [0.2, 0.25) is 0 Å². The summed E-state index contributed by atoms with van der Waals surface area (Å²) in [4.78, 5) is 31.6. The Balaban J connectivity index is 0.000000209. The second-order valence-corrected chi connectivity index (χ2v) is 27.2. The van der Waals surface area contributed by atoms with Crippen molar-refractivity contribution in [2.45, 2.75) is 221 Å². The third-order valence-electron chi connectivity index (χ3n) is 21.8. The number of ether oxygens (including phenoxy) is 1. The molecule has 0 radical (unpaired) electrons. The van der Waals surface area contributed by atoms with Crippen molar-refractivity contribution in [1.29, 1.82) is 0 Å². The molecule has 424 valence electrons. The average molecular weight is 1110 g/mol. The van der Waals surface area contributed by atoms with Crippen molar-refractivity contribution >= 4 is 27.6 Å². The van der Waals surface area contributed by atoms with Gasteiger partial charge in [-0.3, -0.25) is 14.4 Å². The van der Waals surface area contributed by atoms with Gasteiger partial charge < -0.3 is 21.9 Å². The van der Waals surface area contributed by atoms with Crippen molar-refractivity contribution in [3.8, 4) is 0 Å². The molecule has 8 aliphatic carbocycles. The molecule has 1 aliphatic heterocycles. The fourth-order valence-electron chi connectivity index (χ4n) is 17.6. The second-order valence-electron chi connectivity index (χ2n) is 26.3. The number of Topliss-reactive ketones (excluding diaryl/α,β-unsaturated/α-hetero) is 1. The Kier molecular flexibility index (Phi) is 24.9. The standard InChI is InChI=1S/C28H40O2.C22H37NO3.C8H9Br.C4H8O.C4H9.CH4.Li/c1-4-18-5-7-19(8-6-18)26(29)25-12-11-24-23-10-9-20-17-27(2,30)15-13-21(20)22(23)14-16-28(24,25)3;1-21(25)11-9-15-14(13-21)5-6-17-16(15)10-12-22(2)18(17)7-8-19(22)20(24)23(3)26-4;1-2-7-3-5-8(9)6-4-7;1-2-4-5-3-1;1-3-4-2;;/h5-8,20-25,30H,4,9-17H2,1-3H3;14-19,25H,5-13H2,1-4H3;3-6H,2H2,1H3;1-4H2;1,3-4H2,2H3;1H4;/q;;;;-1;;+1/t20-,21+,22-,23-,24+,25-,27-,28+;14-,15+,16-,17-,18+,19-,21-,22+;;;;;/m11...../s1. The van der Waals surface area contributed by atoms with E-state index in [2.05, 4.69) is 106 Å². The van der Waals surface area contributed by atoms with Gasteiger partial charge in [-0.2, -0.15) is 6.42 Å². The summed E-state index contributed by atoms with van der Waals surface area (Å²) >= 11 is 3.37. The molecule has 7 nitrogen and oxygen atoms in total. The van der Waals surface area contributed by atoms with Gasteiger partial charge in [-0.05, 0) is 248 Å². The van der Waals surface area contributed by atoms with Crippen LogP contribution in [0.4, 0.5) is 0 Å². The van der Waals surface area contributed by atoms with Crippen LogP contribution in [0.15, 0.2) is 53.0 Å². The number of halogens is 1. The van der Waals surface area contributed by atoms with E-state index in [-0.39, 0.29) is 54.9 Å². The fraction of sp³-hybridized carbons (Fsp3) is 0.776. The maximum atomic E-state index is 13.5. The molecule has 0 spiro atoms. The average Bonchev–Trinajstić information content (AvgIpc) is 4.19. The van der Waals surface area contributed by atoms with Crippen molar-refractivity contribution < 1.29 is 48.2 Å². The van der Waals surface area contributed by atoms with Gasteiger partial charge in [0.2, 0.25) is 5.91 Å². The number of unbranched alkanes of at least 4 members (excludes halogenated alkanes) is 1. The molecule has 1 heterocycles. The Labute approximate surface area is 485 Å². The summed E-state index contributed by atoms with van der Waals surface area (Å²) in [7, 11) is 3.34. The van der Waals surface area contributed by atoms with Gasteiger partial charge in [0.25, 0.3) is 0 Å². The fourth-order valence-corrected chi connectivity index (χ4v) is 17.9. The van der Waals surface area contributed by atoms with Crippen molar-refractivity contribution in [2.24, 2.45) is 81.8 Å². The number of hydrogen-bond acceptors (Lipinski definition) is 6. The number of fused-ring (bicyclic) bond motifs is 10. The minimum Gasteiger partial charge on any atom is -0.390 e. The maximum absolute atomic E-state index is 13.5. The number of aliphatic hydroxyl groups is 2. The number of carbonyl (C=O) groups is 2. The molecule has 9 heteroatoms. The van der Waals surface area contributed by atoms with Gasteiger partial charge in [0, 0.05) is 42.1 Å². The Bertz CT molecular complexity index is 2060. The number of ketones is 1. The third-order valence-corrected chi connectivity index (χ3v) is 22.4. The number of amides is 1. The van der Waals surface area contributed by atoms with Gasteiger partial charge in [0.1, 0.15) is 0 Å². The molecule has 9 fully saturated rings. The van der Waals surface area contributed by atoms with Crippen LogP contribution in [0.25, 0.3) is 0 Å². The van der Waals surface area contributed by atoms with Gasteiger partial charge in [-0.15, -0.1) is 0 Å². The number of nitrogens with zero attached hydrogens (tertiary/aromatic N) is 1. The summed E-state index contributed by atoms with van der Waals surface area (Å²) < 4.78 is 6.10. The summed E-state index contributed by atoms with van der Waals surface area (Å²) in [6.45, 7) is 21.0. The molecule has 11 rings (SSSR count). The van der Waals surface area contributed by atoms with Crippen molar-refractivity contribution in [3.05, 3.63) is 76.6 Å². The number of hydrogen-bond donors (Lipinski definition) is 2. The number of aryl methyl sites for hydroxylation is 2. The van der Waals surface area contributed by atoms with E-state index >= 15 is 0 Å². The van der Waals surface area contributed by atoms with Crippen LogP contribution < -0.4 is 18.9 Å². The van der Waals surface area contributed by atoms with E-state index < -0.39 is 11.2 Å². The van der Waals surface area contributed by atoms with Gasteiger partial charge >= 0.3 is 18.9 Å². The number of rotatable bonds is 7. The molecule has 2 N–H and O–H groups in total. The van der Waals surface area contributed by atoms with Gasteiger partial charge in [-0.1, -0.05) is 101 Å². The Hall–Kier alpha value is -1.50.